The van der Waals surface area contributed by atoms with Crippen molar-refractivity contribution in [3.8, 4) is 0 Å². The highest BCUT2D eigenvalue weighted by atomic mass is 16.3. The maximum Gasteiger partial charge on any atom is 0.256 e. The minimum Gasteiger partial charge on any atom is -0.394 e. The first kappa shape index (κ1) is 11.1. The second kappa shape index (κ2) is 4.23. The minimum absolute atomic E-state index is 0.132. The van der Waals surface area contributed by atoms with E-state index in [1.54, 1.807) is 24.3 Å². The summed E-state index contributed by atoms with van der Waals surface area (Å²) in [4.78, 5) is 13.4. The van der Waals surface area contributed by atoms with Crippen LogP contribution in [0.5, 0.6) is 0 Å². The molecule has 1 aromatic carbocycles. The molecule has 2 atom stereocenters. The van der Waals surface area contributed by atoms with Gasteiger partial charge < -0.3 is 15.1 Å². The number of nitrogens with zero attached hydrogens (tertiary/aromatic N) is 1. The number of aliphatic hydroxyl groups excluding tert-OH is 2. The fourth-order valence-corrected chi connectivity index (χ4v) is 2.10. The minimum atomic E-state index is -0.930. The van der Waals surface area contributed by atoms with Crippen LogP contribution in [0.15, 0.2) is 24.3 Å². The van der Waals surface area contributed by atoms with Crippen molar-refractivity contribution < 1.29 is 15.0 Å². The molecular weight excluding hydrogens is 206 g/mol. The van der Waals surface area contributed by atoms with Crippen LogP contribution in [0.1, 0.15) is 35.5 Å². The summed E-state index contributed by atoms with van der Waals surface area (Å²) in [6.45, 7) is 1.75. The van der Waals surface area contributed by atoms with Crippen molar-refractivity contribution in [2.45, 2.75) is 25.6 Å². The molecule has 2 rings (SSSR count). The van der Waals surface area contributed by atoms with E-state index in [1.165, 1.54) is 4.90 Å². The van der Waals surface area contributed by atoms with E-state index in [1.807, 2.05) is 6.92 Å². The van der Waals surface area contributed by atoms with Crippen LogP contribution in [0, 0.1) is 0 Å². The lowest BCUT2D eigenvalue weighted by Gasteiger charge is -2.28. The number of fused-ring (bicyclic) bond motifs is 1. The Morgan fingerprint density at radius 2 is 2.12 bits per heavy atom. The Bertz CT molecular complexity index is 401. The second-order valence-corrected chi connectivity index (χ2v) is 3.92. The van der Waals surface area contributed by atoms with E-state index >= 15 is 0 Å². The fourth-order valence-electron chi connectivity index (χ4n) is 2.10. The molecule has 0 aliphatic carbocycles. The molecular formula is C12H15NO3. The van der Waals surface area contributed by atoms with Gasteiger partial charge in [-0.05, 0) is 12.5 Å². The van der Waals surface area contributed by atoms with Gasteiger partial charge in [0.05, 0.1) is 12.6 Å². The van der Waals surface area contributed by atoms with Crippen molar-refractivity contribution in [1.82, 2.24) is 4.90 Å². The molecule has 86 valence electrons. The number of carbonyl (C=O) groups excluding carboxylic acids is 1. The smallest absolute Gasteiger partial charge is 0.256 e. The molecule has 0 aromatic heterocycles. The van der Waals surface area contributed by atoms with E-state index in [0.717, 1.165) is 0 Å². The van der Waals surface area contributed by atoms with Crippen LogP contribution in [0.25, 0.3) is 0 Å². The fraction of sp³-hybridized carbons (Fsp3) is 0.417. The van der Waals surface area contributed by atoms with Crippen LogP contribution in [0.4, 0.5) is 0 Å². The lowest BCUT2D eigenvalue weighted by atomic mass is 10.1. The molecule has 0 unspecified atom stereocenters. The predicted octanol–water partition coefficient (Wildman–Crippen LogP) is 0.904. The molecule has 1 aliphatic heterocycles. The summed E-state index contributed by atoms with van der Waals surface area (Å²) in [5.74, 6) is -0.205. The third kappa shape index (κ3) is 1.50. The van der Waals surface area contributed by atoms with Gasteiger partial charge in [0.2, 0.25) is 0 Å². The summed E-state index contributed by atoms with van der Waals surface area (Å²) >= 11 is 0. The maximum atomic E-state index is 12.0. The molecule has 1 heterocycles. The van der Waals surface area contributed by atoms with Crippen LogP contribution >= 0.6 is 0 Å². The third-order valence-electron chi connectivity index (χ3n) is 3.04. The molecule has 0 spiro atoms. The Hall–Kier alpha value is -1.39. The molecule has 2 N–H and O–H groups in total. The van der Waals surface area contributed by atoms with Gasteiger partial charge in [0.1, 0.15) is 0 Å². The molecule has 0 saturated heterocycles. The molecule has 1 aliphatic rings. The molecule has 0 saturated carbocycles. The monoisotopic (exact) mass is 221 g/mol. The standard InChI is InChI=1S/C12H15NO3/c1-2-8(7-14)13-11(15)9-5-3-4-6-10(9)12(13)16/h3-6,8,11,14-15H,2,7H2,1H3/t8-,11-/m0/s1. The first-order chi connectivity index (χ1) is 7.70. The van der Waals surface area contributed by atoms with Crippen LogP contribution in [-0.4, -0.2) is 33.7 Å². The number of carbonyl (C=O) groups is 1. The van der Waals surface area contributed by atoms with E-state index in [-0.39, 0.29) is 18.6 Å². The molecule has 0 fully saturated rings. The van der Waals surface area contributed by atoms with Crippen molar-refractivity contribution in [1.29, 1.82) is 0 Å². The third-order valence-corrected chi connectivity index (χ3v) is 3.04. The van der Waals surface area contributed by atoms with Crippen molar-refractivity contribution in [2.24, 2.45) is 0 Å². The average molecular weight is 221 g/mol. The van der Waals surface area contributed by atoms with Crippen molar-refractivity contribution in [3.05, 3.63) is 35.4 Å². The average Bonchev–Trinajstić information content (AvgIpc) is 2.57. The topological polar surface area (TPSA) is 60.8 Å². The molecule has 1 amide bonds. The SMILES string of the molecule is CC[C@@H](CO)N1C(=O)c2ccccc2[C@@H]1O. The molecule has 16 heavy (non-hydrogen) atoms. The lowest BCUT2D eigenvalue weighted by Crippen LogP contribution is -2.40. The van der Waals surface area contributed by atoms with Gasteiger partial charge >= 0.3 is 0 Å². The maximum absolute atomic E-state index is 12.0. The summed E-state index contributed by atoms with van der Waals surface area (Å²) in [6.07, 6.45) is -0.311. The Labute approximate surface area is 94.1 Å². The lowest BCUT2D eigenvalue weighted by molar-refractivity contribution is -0.0162. The molecule has 0 bridgehead atoms. The first-order valence-electron chi connectivity index (χ1n) is 5.41. The number of aliphatic hydroxyl groups is 2. The number of benzene rings is 1. The molecule has 0 radical (unpaired) electrons. The van der Waals surface area contributed by atoms with Gasteiger partial charge in [-0.15, -0.1) is 0 Å². The van der Waals surface area contributed by atoms with Gasteiger partial charge in [-0.25, -0.2) is 0 Å². The van der Waals surface area contributed by atoms with Crippen LogP contribution in [-0.2, 0) is 0 Å². The summed E-state index contributed by atoms with van der Waals surface area (Å²) in [5, 5.41) is 19.2. The Morgan fingerprint density at radius 3 is 2.69 bits per heavy atom. The van der Waals surface area contributed by atoms with Gasteiger partial charge in [0, 0.05) is 11.1 Å². The molecule has 1 aromatic rings. The summed E-state index contributed by atoms with van der Waals surface area (Å²) in [7, 11) is 0. The second-order valence-electron chi connectivity index (χ2n) is 3.92. The number of rotatable bonds is 3. The van der Waals surface area contributed by atoms with Gasteiger partial charge in [-0.2, -0.15) is 0 Å². The van der Waals surface area contributed by atoms with Crippen molar-refractivity contribution >= 4 is 5.91 Å². The van der Waals surface area contributed by atoms with Crippen molar-refractivity contribution in [2.75, 3.05) is 6.61 Å². The summed E-state index contributed by atoms with van der Waals surface area (Å²) in [5.41, 5.74) is 1.15. The highest BCUT2D eigenvalue weighted by Crippen LogP contribution is 2.33. The molecule has 4 heteroatoms. The Kier molecular flexibility index (Phi) is 2.94. The van der Waals surface area contributed by atoms with E-state index in [2.05, 4.69) is 0 Å². The predicted molar refractivity (Wildman–Crippen MR) is 58.7 cm³/mol. The quantitative estimate of drug-likeness (QED) is 0.797. The largest absolute Gasteiger partial charge is 0.394 e. The number of hydrogen-bond donors (Lipinski definition) is 2. The summed E-state index contributed by atoms with van der Waals surface area (Å²) in [6, 6.07) is 6.67. The van der Waals surface area contributed by atoms with Crippen molar-refractivity contribution in [3.63, 3.8) is 0 Å². The van der Waals surface area contributed by atoms with Crippen LogP contribution in [0.2, 0.25) is 0 Å². The number of hydrogen-bond acceptors (Lipinski definition) is 3. The van der Waals surface area contributed by atoms with Gasteiger partial charge in [0.25, 0.3) is 5.91 Å². The summed E-state index contributed by atoms with van der Waals surface area (Å²) < 4.78 is 0. The highest BCUT2D eigenvalue weighted by Gasteiger charge is 2.38. The first-order valence-corrected chi connectivity index (χ1v) is 5.41. The van der Waals surface area contributed by atoms with E-state index in [9.17, 15) is 15.0 Å². The molecule has 4 nitrogen and oxygen atoms in total. The van der Waals surface area contributed by atoms with E-state index in [4.69, 9.17) is 0 Å². The van der Waals surface area contributed by atoms with Gasteiger partial charge in [-0.3, -0.25) is 4.79 Å². The van der Waals surface area contributed by atoms with Crippen LogP contribution in [0.3, 0.4) is 0 Å². The zero-order valence-corrected chi connectivity index (χ0v) is 9.13. The zero-order chi connectivity index (χ0) is 11.7. The zero-order valence-electron chi connectivity index (χ0n) is 9.13. The number of amides is 1. The van der Waals surface area contributed by atoms with E-state index < -0.39 is 6.23 Å². The van der Waals surface area contributed by atoms with Gasteiger partial charge in [0.15, 0.2) is 6.23 Å². The highest BCUT2D eigenvalue weighted by molar-refractivity contribution is 5.99. The van der Waals surface area contributed by atoms with Crippen LogP contribution < -0.4 is 0 Å². The van der Waals surface area contributed by atoms with Gasteiger partial charge in [-0.1, -0.05) is 25.1 Å². The Morgan fingerprint density at radius 1 is 1.44 bits per heavy atom. The normalized spacial score (nSPS) is 21.1. The Balaban J connectivity index is 2.38. The van der Waals surface area contributed by atoms with E-state index in [0.29, 0.717) is 17.5 Å².